The molecule has 3 nitrogen and oxygen atoms in total. The first-order chi connectivity index (χ1) is 9.69. The van der Waals surface area contributed by atoms with Gasteiger partial charge in [-0.1, -0.05) is 13.0 Å². The van der Waals surface area contributed by atoms with Crippen molar-refractivity contribution in [3.8, 4) is 5.75 Å². The average Bonchev–Trinajstić information content (AvgIpc) is 2.48. The molecule has 1 aromatic rings. The topological polar surface area (TPSA) is 38.5 Å². The second kappa shape index (κ2) is 7.29. The van der Waals surface area contributed by atoms with Crippen LogP contribution in [0.15, 0.2) is 18.2 Å². The number of thioether (sulfide) groups is 1. The van der Waals surface area contributed by atoms with Gasteiger partial charge in [0.2, 0.25) is 0 Å². The van der Waals surface area contributed by atoms with Gasteiger partial charge in [-0.3, -0.25) is 4.90 Å². The molecule has 1 fully saturated rings. The quantitative estimate of drug-likeness (QED) is 0.907. The van der Waals surface area contributed by atoms with Crippen LogP contribution in [0.1, 0.15) is 24.9 Å². The van der Waals surface area contributed by atoms with E-state index in [0.29, 0.717) is 11.8 Å². The van der Waals surface area contributed by atoms with Crippen LogP contribution >= 0.6 is 11.8 Å². The SMILES string of the molecule is CCC1CN(C(CN)c2ccc(OC)c(F)c2)CCS1. The van der Waals surface area contributed by atoms with Crippen molar-refractivity contribution >= 4 is 11.8 Å². The van der Waals surface area contributed by atoms with Crippen LogP contribution in [-0.2, 0) is 0 Å². The van der Waals surface area contributed by atoms with Gasteiger partial charge in [0.05, 0.1) is 7.11 Å². The van der Waals surface area contributed by atoms with E-state index in [0.717, 1.165) is 30.8 Å². The van der Waals surface area contributed by atoms with E-state index in [1.54, 1.807) is 12.1 Å². The Hall–Kier alpha value is -0.780. The number of methoxy groups -OCH3 is 1. The predicted molar refractivity (Wildman–Crippen MR) is 82.9 cm³/mol. The lowest BCUT2D eigenvalue weighted by Gasteiger charge is -2.37. The fourth-order valence-corrected chi connectivity index (χ4v) is 3.86. The molecule has 0 bridgehead atoms. The minimum atomic E-state index is -0.318. The molecular formula is C15H23FN2OS. The minimum Gasteiger partial charge on any atom is -0.494 e. The van der Waals surface area contributed by atoms with E-state index < -0.39 is 0 Å². The standard InChI is InChI=1S/C15H23FN2OS/c1-3-12-10-18(6-7-20-12)14(9-17)11-4-5-15(19-2)13(16)8-11/h4-5,8,12,14H,3,6-7,9-10,17H2,1-2H3. The lowest BCUT2D eigenvalue weighted by molar-refractivity contribution is 0.207. The zero-order valence-corrected chi connectivity index (χ0v) is 13.0. The highest BCUT2D eigenvalue weighted by atomic mass is 32.2. The Morgan fingerprint density at radius 2 is 2.35 bits per heavy atom. The van der Waals surface area contributed by atoms with Crippen LogP contribution in [0, 0.1) is 5.82 Å². The summed E-state index contributed by atoms with van der Waals surface area (Å²) in [4.78, 5) is 2.38. The maximum atomic E-state index is 13.9. The molecule has 1 heterocycles. The summed E-state index contributed by atoms with van der Waals surface area (Å²) in [6, 6.07) is 5.25. The monoisotopic (exact) mass is 298 g/mol. The maximum absolute atomic E-state index is 13.9. The van der Waals surface area contributed by atoms with Crippen molar-refractivity contribution in [1.82, 2.24) is 4.90 Å². The number of ether oxygens (including phenoxy) is 1. The molecule has 2 unspecified atom stereocenters. The summed E-state index contributed by atoms with van der Waals surface area (Å²) < 4.78 is 18.8. The molecule has 1 aliphatic rings. The molecule has 0 saturated carbocycles. The van der Waals surface area contributed by atoms with Crippen molar-refractivity contribution in [1.29, 1.82) is 0 Å². The van der Waals surface area contributed by atoms with Crippen LogP contribution in [0.2, 0.25) is 0 Å². The van der Waals surface area contributed by atoms with Crippen molar-refractivity contribution in [2.45, 2.75) is 24.6 Å². The molecule has 0 radical (unpaired) electrons. The molecule has 2 atom stereocenters. The first kappa shape index (κ1) is 15.6. The molecule has 112 valence electrons. The normalized spacial score (nSPS) is 21.7. The number of benzene rings is 1. The van der Waals surface area contributed by atoms with Crippen LogP contribution in [0.4, 0.5) is 4.39 Å². The number of nitrogens with two attached hydrogens (primary N) is 1. The van der Waals surface area contributed by atoms with Gasteiger partial charge in [-0.25, -0.2) is 4.39 Å². The van der Waals surface area contributed by atoms with Gasteiger partial charge >= 0.3 is 0 Å². The zero-order chi connectivity index (χ0) is 14.5. The van der Waals surface area contributed by atoms with Gasteiger partial charge in [0, 0.05) is 36.7 Å². The molecule has 0 amide bonds. The van der Waals surface area contributed by atoms with E-state index in [2.05, 4.69) is 11.8 Å². The second-order valence-electron chi connectivity index (χ2n) is 5.04. The highest BCUT2D eigenvalue weighted by molar-refractivity contribution is 8.00. The van der Waals surface area contributed by atoms with E-state index in [1.807, 2.05) is 17.8 Å². The van der Waals surface area contributed by atoms with Gasteiger partial charge < -0.3 is 10.5 Å². The van der Waals surface area contributed by atoms with Crippen LogP contribution in [-0.4, -0.2) is 42.6 Å². The third kappa shape index (κ3) is 3.45. The molecule has 1 aliphatic heterocycles. The Balaban J connectivity index is 2.16. The van der Waals surface area contributed by atoms with Crippen LogP contribution < -0.4 is 10.5 Å². The average molecular weight is 298 g/mol. The Labute approximate surface area is 124 Å². The van der Waals surface area contributed by atoms with E-state index >= 15 is 0 Å². The van der Waals surface area contributed by atoms with Crippen molar-refractivity contribution in [2.75, 3.05) is 32.5 Å². The van der Waals surface area contributed by atoms with Crippen molar-refractivity contribution < 1.29 is 9.13 Å². The molecule has 5 heteroatoms. The van der Waals surface area contributed by atoms with E-state index in [4.69, 9.17) is 10.5 Å². The number of rotatable bonds is 5. The summed E-state index contributed by atoms with van der Waals surface area (Å²) in [6.45, 7) is 4.76. The molecule has 2 rings (SSSR count). The van der Waals surface area contributed by atoms with Crippen molar-refractivity contribution in [3.05, 3.63) is 29.6 Å². The fraction of sp³-hybridized carbons (Fsp3) is 0.600. The number of halogens is 1. The third-order valence-corrected chi connectivity index (χ3v) is 5.22. The van der Waals surface area contributed by atoms with Crippen molar-refractivity contribution in [3.63, 3.8) is 0 Å². The number of hydrogen-bond acceptors (Lipinski definition) is 4. The van der Waals surface area contributed by atoms with Crippen LogP contribution in [0.25, 0.3) is 0 Å². The highest BCUT2D eigenvalue weighted by Gasteiger charge is 2.26. The van der Waals surface area contributed by atoms with E-state index in [-0.39, 0.29) is 17.6 Å². The molecular weight excluding hydrogens is 275 g/mol. The number of hydrogen-bond donors (Lipinski definition) is 1. The smallest absolute Gasteiger partial charge is 0.165 e. The molecule has 1 saturated heterocycles. The summed E-state index contributed by atoms with van der Waals surface area (Å²) in [6.07, 6.45) is 1.16. The van der Waals surface area contributed by atoms with E-state index in [1.165, 1.54) is 7.11 Å². The fourth-order valence-electron chi connectivity index (χ4n) is 2.66. The van der Waals surface area contributed by atoms with Gasteiger partial charge in [0.15, 0.2) is 11.6 Å². The van der Waals surface area contributed by atoms with Gasteiger partial charge in [0.25, 0.3) is 0 Å². The first-order valence-corrected chi connectivity index (χ1v) is 8.13. The Bertz CT molecular complexity index is 444. The zero-order valence-electron chi connectivity index (χ0n) is 12.1. The molecule has 2 N–H and O–H groups in total. The van der Waals surface area contributed by atoms with Crippen LogP contribution in [0.3, 0.4) is 0 Å². The molecule has 0 aliphatic carbocycles. The Morgan fingerprint density at radius 3 is 2.95 bits per heavy atom. The van der Waals surface area contributed by atoms with Crippen molar-refractivity contribution in [2.24, 2.45) is 5.73 Å². The maximum Gasteiger partial charge on any atom is 0.165 e. The summed E-state index contributed by atoms with van der Waals surface area (Å²) in [7, 11) is 1.48. The van der Waals surface area contributed by atoms with Gasteiger partial charge in [-0.2, -0.15) is 11.8 Å². The lowest BCUT2D eigenvalue weighted by atomic mass is 10.0. The van der Waals surface area contributed by atoms with Gasteiger partial charge in [-0.15, -0.1) is 0 Å². The summed E-state index contributed by atoms with van der Waals surface area (Å²) >= 11 is 2.02. The molecule has 1 aromatic carbocycles. The summed E-state index contributed by atoms with van der Waals surface area (Å²) in [5.74, 6) is 1.08. The Morgan fingerprint density at radius 1 is 1.55 bits per heavy atom. The summed E-state index contributed by atoms with van der Waals surface area (Å²) in [5, 5.41) is 0.654. The third-order valence-electron chi connectivity index (χ3n) is 3.85. The minimum absolute atomic E-state index is 0.0883. The molecule has 20 heavy (non-hydrogen) atoms. The van der Waals surface area contributed by atoms with Crippen LogP contribution in [0.5, 0.6) is 5.75 Å². The first-order valence-electron chi connectivity index (χ1n) is 7.08. The van der Waals surface area contributed by atoms with Gasteiger partial charge in [-0.05, 0) is 24.1 Å². The lowest BCUT2D eigenvalue weighted by Crippen LogP contribution is -2.42. The van der Waals surface area contributed by atoms with Gasteiger partial charge in [0.1, 0.15) is 0 Å². The largest absolute Gasteiger partial charge is 0.494 e. The molecule has 0 spiro atoms. The second-order valence-corrected chi connectivity index (χ2v) is 6.45. The highest BCUT2D eigenvalue weighted by Crippen LogP contribution is 2.30. The van der Waals surface area contributed by atoms with E-state index in [9.17, 15) is 4.39 Å². The molecule has 0 aromatic heterocycles. The Kier molecular flexibility index (Phi) is 5.69. The summed E-state index contributed by atoms with van der Waals surface area (Å²) in [5.41, 5.74) is 6.88. The number of nitrogens with zero attached hydrogens (tertiary/aromatic N) is 1. The predicted octanol–water partition coefficient (Wildman–Crippen LogP) is 2.66.